The van der Waals surface area contributed by atoms with Crippen LogP contribution in [0.2, 0.25) is 0 Å². The molecule has 2 aliphatic rings. The Labute approximate surface area is 122 Å². The molecule has 2 fully saturated rings. The predicted molar refractivity (Wildman–Crippen MR) is 76.7 cm³/mol. The van der Waals surface area contributed by atoms with E-state index >= 15 is 0 Å². The number of likely N-dealkylation sites (tertiary alicyclic amines) is 1. The molecule has 0 bridgehead atoms. The quantitative estimate of drug-likeness (QED) is 0.810. The smallest absolute Gasteiger partial charge is 0.242 e. The lowest BCUT2D eigenvalue weighted by Gasteiger charge is -2.35. The van der Waals surface area contributed by atoms with E-state index in [1.807, 2.05) is 10.3 Å². The molecule has 6 nitrogen and oxygen atoms in total. The summed E-state index contributed by atoms with van der Waals surface area (Å²) >= 11 is 1.62. The van der Waals surface area contributed by atoms with Crippen LogP contribution in [0, 0.1) is 0 Å². The van der Waals surface area contributed by atoms with Gasteiger partial charge in [0.2, 0.25) is 11.8 Å². The van der Waals surface area contributed by atoms with Crippen LogP contribution in [-0.4, -0.2) is 65.9 Å². The summed E-state index contributed by atoms with van der Waals surface area (Å²) in [6.45, 7) is 4.01. The van der Waals surface area contributed by atoms with Gasteiger partial charge < -0.3 is 14.7 Å². The maximum absolute atomic E-state index is 12.2. The third-order valence-corrected chi connectivity index (χ3v) is 4.65. The highest BCUT2D eigenvalue weighted by atomic mass is 32.1. The third-order valence-electron chi connectivity index (χ3n) is 3.82. The van der Waals surface area contributed by atoms with E-state index in [2.05, 4.69) is 9.88 Å². The van der Waals surface area contributed by atoms with Crippen LogP contribution in [0.4, 0.5) is 5.13 Å². The molecule has 3 rings (SSSR count). The van der Waals surface area contributed by atoms with Gasteiger partial charge in [-0.25, -0.2) is 4.98 Å². The van der Waals surface area contributed by atoms with Crippen molar-refractivity contribution in [1.29, 1.82) is 0 Å². The van der Waals surface area contributed by atoms with Crippen LogP contribution >= 0.6 is 11.3 Å². The lowest BCUT2D eigenvalue weighted by atomic mass is 10.3. The predicted octanol–water partition coefficient (Wildman–Crippen LogP) is 0.414. The normalized spacial score (nSPS) is 19.8. The summed E-state index contributed by atoms with van der Waals surface area (Å²) in [5, 5.41) is 2.98. The van der Waals surface area contributed by atoms with Gasteiger partial charge in [0.05, 0.1) is 6.54 Å². The minimum atomic E-state index is 0.0686. The molecule has 0 unspecified atom stereocenters. The minimum absolute atomic E-state index is 0.0686. The van der Waals surface area contributed by atoms with Gasteiger partial charge in [-0.3, -0.25) is 9.59 Å². The van der Waals surface area contributed by atoms with Crippen LogP contribution in [0.25, 0.3) is 0 Å². The van der Waals surface area contributed by atoms with Gasteiger partial charge in [0, 0.05) is 50.7 Å². The summed E-state index contributed by atoms with van der Waals surface area (Å²) in [6, 6.07) is 0. The number of carbonyl (C=O) groups excluding carboxylic acids is 2. The Hall–Kier alpha value is -1.63. The zero-order chi connectivity index (χ0) is 13.9. The molecule has 0 atom stereocenters. The van der Waals surface area contributed by atoms with E-state index in [1.54, 1.807) is 22.4 Å². The Morgan fingerprint density at radius 3 is 2.65 bits per heavy atom. The molecule has 2 amide bonds. The number of piperazine rings is 1. The first-order chi connectivity index (χ1) is 9.74. The van der Waals surface area contributed by atoms with Gasteiger partial charge in [-0.15, -0.1) is 11.3 Å². The van der Waals surface area contributed by atoms with Crippen molar-refractivity contribution in [2.75, 3.05) is 44.2 Å². The number of carbonyl (C=O) groups is 2. The second-order valence-electron chi connectivity index (χ2n) is 5.10. The Bertz CT molecular complexity index is 483. The van der Waals surface area contributed by atoms with Gasteiger partial charge in [-0.1, -0.05) is 0 Å². The van der Waals surface area contributed by atoms with Crippen molar-refractivity contribution in [2.24, 2.45) is 0 Å². The van der Waals surface area contributed by atoms with E-state index in [0.717, 1.165) is 31.2 Å². The molecule has 7 heteroatoms. The fourth-order valence-corrected chi connectivity index (χ4v) is 3.35. The fraction of sp³-hybridized carbons (Fsp3) is 0.615. The molecular weight excluding hydrogens is 276 g/mol. The molecule has 1 aromatic rings. The number of nitrogens with zero attached hydrogens (tertiary/aromatic N) is 4. The van der Waals surface area contributed by atoms with Crippen molar-refractivity contribution in [3.8, 4) is 0 Å². The van der Waals surface area contributed by atoms with Crippen molar-refractivity contribution in [3.05, 3.63) is 11.6 Å². The second kappa shape index (κ2) is 5.78. The SMILES string of the molecule is O=C(CN1CCCC1=O)N1CCN(c2nccs2)CC1. The van der Waals surface area contributed by atoms with Gasteiger partial charge in [0.1, 0.15) is 0 Å². The standard InChI is InChI=1S/C13H18N4O2S/c18-11-2-1-4-17(11)10-12(19)15-5-7-16(8-6-15)13-14-3-9-20-13/h3,9H,1-2,4-8,10H2. The van der Waals surface area contributed by atoms with Crippen LogP contribution in [0.3, 0.4) is 0 Å². The van der Waals surface area contributed by atoms with Crippen molar-refractivity contribution in [2.45, 2.75) is 12.8 Å². The van der Waals surface area contributed by atoms with E-state index in [1.165, 1.54) is 0 Å². The van der Waals surface area contributed by atoms with Crippen molar-refractivity contribution >= 4 is 28.3 Å². The number of aromatic nitrogens is 1. The van der Waals surface area contributed by atoms with Crippen LogP contribution in [-0.2, 0) is 9.59 Å². The van der Waals surface area contributed by atoms with Gasteiger partial charge in [-0.2, -0.15) is 0 Å². The number of thiazole rings is 1. The minimum Gasteiger partial charge on any atom is -0.345 e. The average Bonchev–Trinajstić information content (AvgIpc) is 3.12. The molecule has 20 heavy (non-hydrogen) atoms. The Balaban J connectivity index is 1.50. The molecule has 1 aromatic heterocycles. The molecule has 0 saturated carbocycles. The first-order valence-electron chi connectivity index (χ1n) is 6.94. The maximum atomic E-state index is 12.2. The molecule has 0 spiro atoms. The summed E-state index contributed by atoms with van der Waals surface area (Å²) in [4.78, 5) is 33.8. The number of hydrogen-bond donors (Lipinski definition) is 0. The molecule has 0 radical (unpaired) electrons. The molecule has 0 N–H and O–H groups in total. The maximum Gasteiger partial charge on any atom is 0.242 e. The zero-order valence-corrected chi connectivity index (χ0v) is 12.1. The van der Waals surface area contributed by atoms with Crippen LogP contribution in [0.1, 0.15) is 12.8 Å². The van der Waals surface area contributed by atoms with Crippen LogP contribution in [0.5, 0.6) is 0 Å². The van der Waals surface area contributed by atoms with Gasteiger partial charge in [-0.05, 0) is 6.42 Å². The Morgan fingerprint density at radius 1 is 1.25 bits per heavy atom. The van der Waals surface area contributed by atoms with Gasteiger partial charge in [0.15, 0.2) is 5.13 Å². The van der Waals surface area contributed by atoms with E-state index in [-0.39, 0.29) is 18.4 Å². The molecule has 0 aromatic carbocycles. The van der Waals surface area contributed by atoms with Crippen LogP contribution < -0.4 is 4.90 Å². The summed E-state index contributed by atoms with van der Waals surface area (Å²) in [5.74, 6) is 0.179. The largest absolute Gasteiger partial charge is 0.345 e. The second-order valence-corrected chi connectivity index (χ2v) is 5.97. The molecule has 2 saturated heterocycles. The van der Waals surface area contributed by atoms with Crippen molar-refractivity contribution in [3.63, 3.8) is 0 Å². The Morgan fingerprint density at radius 2 is 2.05 bits per heavy atom. The highest BCUT2D eigenvalue weighted by Crippen LogP contribution is 2.19. The molecular formula is C13H18N4O2S. The Kier molecular flexibility index (Phi) is 3.86. The topological polar surface area (TPSA) is 56.8 Å². The number of hydrogen-bond acceptors (Lipinski definition) is 5. The highest BCUT2D eigenvalue weighted by Gasteiger charge is 2.27. The lowest BCUT2D eigenvalue weighted by molar-refractivity contribution is -0.138. The van der Waals surface area contributed by atoms with E-state index in [9.17, 15) is 9.59 Å². The molecule has 2 aliphatic heterocycles. The molecule has 3 heterocycles. The van der Waals surface area contributed by atoms with E-state index in [4.69, 9.17) is 0 Å². The first-order valence-corrected chi connectivity index (χ1v) is 7.82. The number of amides is 2. The summed E-state index contributed by atoms with van der Waals surface area (Å²) < 4.78 is 0. The summed E-state index contributed by atoms with van der Waals surface area (Å²) in [7, 11) is 0. The number of anilines is 1. The number of rotatable bonds is 3. The molecule has 0 aliphatic carbocycles. The zero-order valence-electron chi connectivity index (χ0n) is 11.3. The van der Waals surface area contributed by atoms with Crippen molar-refractivity contribution in [1.82, 2.24) is 14.8 Å². The average molecular weight is 294 g/mol. The lowest BCUT2D eigenvalue weighted by Crippen LogP contribution is -2.51. The summed E-state index contributed by atoms with van der Waals surface area (Å²) in [6.07, 6.45) is 3.27. The van der Waals surface area contributed by atoms with E-state index in [0.29, 0.717) is 19.5 Å². The first kappa shape index (κ1) is 13.4. The van der Waals surface area contributed by atoms with Gasteiger partial charge in [0.25, 0.3) is 0 Å². The summed E-state index contributed by atoms with van der Waals surface area (Å²) in [5.41, 5.74) is 0. The van der Waals surface area contributed by atoms with Crippen molar-refractivity contribution < 1.29 is 9.59 Å². The molecule has 108 valence electrons. The third kappa shape index (κ3) is 2.77. The van der Waals surface area contributed by atoms with Crippen LogP contribution in [0.15, 0.2) is 11.6 Å². The highest BCUT2D eigenvalue weighted by molar-refractivity contribution is 7.13. The monoisotopic (exact) mass is 294 g/mol. The van der Waals surface area contributed by atoms with Gasteiger partial charge >= 0.3 is 0 Å². The fourth-order valence-electron chi connectivity index (χ4n) is 2.65. The van der Waals surface area contributed by atoms with E-state index < -0.39 is 0 Å².